The Kier molecular flexibility index (Phi) is 5.85. The number of anilines is 3. The van der Waals surface area contributed by atoms with Gasteiger partial charge in [-0.25, -0.2) is 4.98 Å². The van der Waals surface area contributed by atoms with Crippen LogP contribution in [0, 0.1) is 0 Å². The molecular weight excluding hydrogens is 380 g/mol. The van der Waals surface area contributed by atoms with E-state index < -0.39 is 0 Å². The summed E-state index contributed by atoms with van der Waals surface area (Å²) in [6, 6.07) is 17.8. The Morgan fingerprint density at radius 3 is 2.68 bits per heavy atom. The number of hydrogen-bond donors (Lipinski definition) is 2. The molecule has 128 valence electrons. The van der Waals surface area contributed by atoms with Crippen LogP contribution in [0.15, 0.2) is 65.3 Å². The van der Waals surface area contributed by atoms with Crippen molar-refractivity contribution >= 4 is 33.4 Å². The maximum Gasteiger partial charge on any atom is 0.224 e. The quantitative estimate of drug-likeness (QED) is 0.606. The van der Waals surface area contributed by atoms with E-state index in [0.717, 1.165) is 34.7 Å². The fourth-order valence-corrected chi connectivity index (χ4v) is 2.74. The second-order valence-corrected chi connectivity index (χ2v) is 6.34. The number of rotatable bonds is 7. The molecule has 0 amide bonds. The molecule has 0 saturated heterocycles. The van der Waals surface area contributed by atoms with Crippen LogP contribution in [0.25, 0.3) is 0 Å². The average Bonchev–Trinajstić information content (AvgIpc) is 2.63. The minimum absolute atomic E-state index is 0.605. The molecule has 1 aromatic heterocycles. The molecule has 5 nitrogen and oxygen atoms in total. The van der Waals surface area contributed by atoms with Crippen molar-refractivity contribution in [1.29, 1.82) is 0 Å². The number of aromatic nitrogens is 2. The average molecular weight is 399 g/mol. The van der Waals surface area contributed by atoms with Crippen LogP contribution >= 0.6 is 15.9 Å². The van der Waals surface area contributed by atoms with Crippen molar-refractivity contribution in [1.82, 2.24) is 9.97 Å². The molecule has 0 spiro atoms. The third-order valence-corrected chi connectivity index (χ3v) is 4.10. The highest BCUT2D eigenvalue weighted by Gasteiger charge is 2.01. The molecule has 0 fully saturated rings. The van der Waals surface area contributed by atoms with Crippen LogP contribution in [0.1, 0.15) is 5.56 Å². The normalized spacial score (nSPS) is 10.3. The van der Waals surface area contributed by atoms with E-state index in [-0.39, 0.29) is 0 Å². The van der Waals surface area contributed by atoms with Gasteiger partial charge in [-0.3, -0.25) is 0 Å². The van der Waals surface area contributed by atoms with E-state index in [4.69, 9.17) is 4.74 Å². The predicted molar refractivity (Wildman–Crippen MR) is 105 cm³/mol. The van der Waals surface area contributed by atoms with Crippen LogP contribution in [-0.4, -0.2) is 23.6 Å². The van der Waals surface area contributed by atoms with Crippen molar-refractivity contribution in [3.63, 3.8) is 0 Å². The summed E-state index contributed by atoms with van der Waals surface area (Å²) < 4.78 is 6.18. The van der Waals surface area contributed by atoms with Crippen molar-refractivity contribution in [2.45, 2.75) is 6.42 Å². The van der Waals surface area contributed by atoms with E-state index >= 15 is 0 Å². The molecule has 0 bridgehead atoms. The number of nitrogens with one attached hydrogen (secondary N) is 2. The van der Waals surface area contributed by atoms with E-state index in [9.17, 15) is 0 Å². The Balaban J connectivity index is 1.56. The van der Waals surface area contributed by atoms with Crippen LogP contribution < -0.4 is 15.4 Å². The van der Waals surface area contributed by atoms with Crippen LogP contribution in [-0.2, 0) is 6.42 Å². The molecule has 0 radical (unpaired) electrons. The highest BCUT2D eigenvalue weighted by atomic mass is 79.9. The van der Waals surface area contributed by atoms with E-state index in [1.54, 1.807) is 13.3 Å². The van der Waals surface area contributed by atoms with Crippen molar-refractivity contribution in [2.24, 2.45) is 0 Å². The largest absolute Gasteiger partial charge is 0.497 e. The van der Waals surface area contributed by atoms with E-state index in [0.29, 0.717) is 5.95 Å². The van der Waals surface area contributed by atoms with Gasteiger partial charge in [0, 0.05) is 22.9 Å². The molecule has 2 aromatic carbocycles. The summed E-state index contributed by atoms with van der Waals surface area (Å²) in [4.78, 5) is 8.75. The van der Waals surface area contributed by atoms with E-state index in [1.165, 1.54) is 5.56 Å². The smallest absolute Gasteiger partial charge is 0.224 e. The summed E-state index contributed by atoms with van der Waals surface area (Å²) in [6.45, 7) is 0.757. The van der Waals surface area contributed by atoms with Crippen LogP contribution in [0.4, 0.5) is 17.5 Å². The lowest BCUT2D eigenvalue weighted by atomic mass is 10.1. The lowest BCUT2D eigenvalue weighted by Gasteiger charge is -2.09. The number of nitrogens with zero attached hydrogens (tertiary/aromatic N) is 2. The summed E-state index contributed by atoms with van der Waals surface area (Å²) in [5.41, 5.74) is 2.20. The number of benzene rings is 2. The Morgan fingerprint density at radius 1 is 1.08 bits per heavy atom. The van der Waals surface area contributed by atoms with Crippen LogP contribution in [0.5, 0.6) is 5.75 Å². The zero-order valence-corrected chi connectivity index (χ0v) is 15.5. The highest BCUT2D eigenvalue weighted by molar-refractivity contribution is 9.10. The third kappa shape index (κ3) is 5.19. The Hall–Kier alpha value is -2.60. The van der Waals surface area contributed by atoms with Gasteiger partial charge < -0.3 is 15.4 Å². The lowest BCUT2D eigenvalue weighted by molar-refractivity contribution is 0.414. The molecule has 0 aliphatic carbocycles. The first-order valence-electron chi connectivity index (χ1n) is 7.95. The second kappa shape index (κ2) is 8.48. The van der Waals surface area contributed by atoms with E-state index in [2.05, 4.69) is 48.7 Å². The lowest BCUT2D eigenvalue weighted by Crippen LogP contribution is -2.08. The Morgan fingerprint density at radius 2 is 1.92 bits per heavy atom. The first-order chi connectivity index (χ1) is 12.2. The summed E-state index contributed by atoms with van der Waals surface area (Å²) in [5.74, 6) is 2.22. The topological polar surface area (TPSA) is 59.1 Å². The molecule has 0 unspecified atom stereocenters. The number of hydrogen-bond acceptors (Lipinski definition) is 5. The number of halogens is 1. The molecule has 3 aromatic rings. The van der Waals surface area contributed by atoms with Gasteiger partial charge in [-0.05, 0) is 48.4 Å². The van der Waals surface area contributed by atoms with Crippen molar-refractivity contribution in [3.05, 3.63) is 70.8 Å². The molecule has 0 aliphatic heterocycles. The zero-order valence-electron chi connectivity index (χ0n) is 13.9. The molecule has 2 N–H and O–H groups in total. The van der Waals surface area contributed by atoms with Gasteiger partial charge >= 0.3 is 0 Å². The molecule has 0 aliphatic rings. The summed E-state index contributed by atoms with van der Waals surface area (Å²) in [6.07, 6.45) is 2.62. The summed E-state index contributed by atoms with van der Waals surface area (Å²) >= 11 is 3.46. The Bertz CT molecular complexity index is 824. The highest BCUT2D eigenvalue weighted by Crippen LogP contribution is 2.19. The third-order valence-electron chi connectivity index (χ3n) is 3.61. The first kappa shape index (κ1) is 17.2. The van der Waals surface area contributed by atoms with Crippen LogP contribution in [0.3, 0.4) is 0 Å². The van der Waals surface area contributed by atoms with Gasteiger partial charge in [0.15, 0.2) is 0 Å². The maximum absolute atomic E-state index is 5.17. The molecule has 0 atom stereocenters. The van der Waals surface area contributed by atoms with Gasteiger partial charge in [0.2, 0.25) is 5.95 Å². The Labute approximate surface area is 155 Å². The van der Waals surface area contributed by atoms with Crippen molar-refractivity contribution < 1.29 is 4.74 Å². The fraction of sp³-hybridized carbons (Fsp3) is 0.158. The van der Waals surface area contributed by atoms with Gasteiger partial charge in [-0.2, -0.15) is 4.98 Å². The molecular formula is C19H19BrN4O. The number of methoxy groups -OCH3 is 1. The molecule has 1 heterocycles. The van der Waals surface area contributed by atoms with Crippen molar-refractivity contribution in [2.75, 3.05) is 24.3 Å². The summed E-state index contributed by atoms with van der Waals surface area (Å²) in [5, 5.41) is 6.53. The van der Waals surface area contributed by atoms with Gasteiger partial charge in [-0.15, -0.1) is 0 Å². The summed E-state index contributed by atoms with van der Waals surface area (Å²) in [7, 11) is 1.67. The number of ether oxygens (including phenoxy) is 1. The fourth-order valence-electron chi connectivity index (χ4n) is 2.34. The molecule has 0 saturated carbocycles. The zero-order chi connectivity index (χ0) is 17.5. The van der Waals surface area contributed by atoms with Gasteiger partial charge in [0.25, 0.3) is 0 Å². The van der Waals surface area contributed by atoms with Gasteiger partial charge in [-0.1, -0.05) is 34.1 Å². The minimum atomic E-state index is 0.605. The second-order valence-electron chi connectivity index (χ2n) is 5.43. The standard InChI is InChI=1S/C19H19BrN4O/c1-25-17-7-5-14(6-8-17)9-11-21-19-22-12-10-18(24-19)23-16-4-2-3-15(20)13-16/h2-8,10,12-13H,9,11H2,1H3,(H2,21,22,23,24). The molecule has 3 rings (SSSR count). The van der Waals surface area contributed by atoms with Crippen molar-refractivity contribution in [3.8, 4) is 5.75 Å². The minimum Gasteiger partial charge on any atom is -0.497 e. The SMILES string of the molecule is COc1ccc(CCNc2nccc(Nc3cccc(Br)c3)n2)cc1. The van der Waals surface area contributed by atoms with Crippen LogP contribution in [0.2, 0.25) is 0 Å². The first-order valence-corrected chi connectivity index (χ1v) is 8.75. The molecule has 25 heavy (non-hydrogen) atoms. The van der Waals surface area contributed by atoms with E-state index in [1.807, 2.05) is 42.5 Å². The maximum atomic E-state index is 5.17. The monoisotopic (exact) mass is 398 g/mol. The predicted octanol–water partition coefficient (Wildman–Crippen LogP) is 4.65. The van der Waals surface area contributed by atoms with Gasteiger partial charge in [0.1, 0.15) is 11.6 Å². The van der Waals surface area contributed by atoms with Gasteiger partial charge in [0.05, 0.1) is 7.11 Å². The molecule has 6 heteroatoms.